The van der Waals surface area contributed by atoms with Crippen molar-refractivity contribution >= 4 is 50.1 Å². The van der Waals surface area contributed by atoms with Gasteiger partial charge < -0.3 is 13.7 Å². The number of sulfonamides is 1. The Bertz CT molecular complexity index is 1860. The number of furan rings is 1. The predicted molar refractivity (Wildman–Crippen MR) is 148 cm³/mol. The van der Waals surface area contributed by atoms with E-state index in [4.69, 9.17) is 8.83 Å². The highest BCUT2D eigenvalue weighted by Crippen LogP contribution is 2.42. The molecule has 3 heterocycles. The number of nitrogens with zero attached hydrogens (tertiary/aromatic N) is 3. The monoisotopic (exact) mass is 565 g/mol. The molecule has 40 heavy (non-hydrogen) atoms. The van der Waals surface area contributed by atoms with E-state index < -0.39 is 21.7 Å². The van der Waals surface area contributed by atoms with Gasteiger partial charge in [-0.05, 0) is 60.9 Å². The van der Waals surface area contributed by atoms with Crippen LogP contribution < -0.4 is 9.21 Å². The minimum atomic E-state index is -3.64. The summed E-state index contributed by atoms with van der Waals surface area (Å²) in [7, 11) is -2.18. The Kier molecular flexibility index (Phi) is 6.33. The number of carbonyl (C=O) groups excluding carboxylic acids is 1. The van der Waals surface area contributed by atoms with Crippen LogP contribution in [0.4, 0.5) is 20.5 Å². The predicted octanol–water partition coefficient (Wildman–Crippen LogP) is 6.11. The van der Waals surface area contributed by atoms with Crippen LogP contribution in [0.1, 0.15) is 34.7 Å². The van der Waals surface area contributed by atoms with Gasteiger partial charge in [-0.15, -0.1) is 0 Å². The van der Waals surface area contributed by atoms with Crippen molar-refractivity contribution in [3.63, 3.8) is 0 Å². The number of aldehydes is 1. The number of piperidine rings is 1. The molecule has 0 aliphatic carbocycles. The van der Waals surface area contributed by atoms with Crippen LogP contribution in [-0.4, -0.2) is 46.1 Å². The molecule has 3 aromatic carbocycles. The molecule has 0 saturated carbocycles. The number of para-hydroxylation sites is 1. The number of halogens is 2. The van der Waals surface area contributed by atoms with Crippen molar-refractivity contribution in [2.75, 3.05) is 35.6 Å². The van der Waals surface area contributed by atoms with Gasteiger partial charge in [0, 0.05) is 43.1 Å². The number of anilines is 2. The number of oxazole rings is 1. The molecule has 0 N–H and O–H groups in total. The SMILES string of the molecule is CN(c1cc2oc(-c3ccc(F)cc3)c(C=O)c2cc1C1CCCN(c2nc3c(F)cccc3o2)C1)S(C)(=O)=O. The van der Waals surface area contributed by atoms with Crippen LogP contribution in [0, 0.1) is 11.6 Å². The summed E-state index contributed by atoms with van der Waals surface area (Å²) in [5, 5.41) is 0.524. The lowest BCUT2D eigenvalue weighted by molar-refractivity contribution is 0.112. The quantitative estimate of drug-likeness (QED) is 0.229. The summed E-state index contributed by atoms with van der Waals surface area (Å²) in [6.07, 6.45) is 3.29. The summed E-state index contributed by atoms with van der Waals surface area (Å²) >= 11 is 0. The van der Waals surface area contributed by atoms with E-state index in [0.717, 1.165) is 19.1 Å². The maximum absolute atomic E-state index is 14.3. The molecule has 206 valence electrons. The first kappa shape index (κ1) is 26.0. The normalized spacial score (nSPS) is 16.1. The minimum absolute atomic E-state index is 0.154. The fraction of sp³-hybridized carbons (Fsp3) is 0.241. The van der Waals surface area contributed by atoms with Crippen molar-refractivity contribution in [3.8, 4) is 11.3 Å². The minimum Gasteiger partial charge on any atom is -0.455 e. The third-order valence-corrected chi connectivity index (χ3v) is 8.62. The molecule has 6 rings (SSSR count). The van der Waals surface area contributed by atoms with Crippen molar-refractivity contribution in [2.24, 2.45) is 0 Å². The fourth-order valence-corrected chi connectivity index (χ4v) is 5.84. The van der Waals surface area contributed by atoms with Crippen LogP contribution in [-0.2, 0) is 10.0 Å². The van der Waals surface area contributed by atoms with E-state index in [1.165, 1.54) is 41.7 Å². The molecule has 5 aromatic rings. The smallest absolute Gasteiger partial charge is 0.298 e. The highest BCUT2D eigenvalue weighted by molar-refractivity contribution is 7.92. The van der Waals surface area contributed by atoms with Crippen LogP contribution >= 0.6 is 0 Å². The summed E-state index contributed by atoms with van der Waals surface area (Å²) in [4.78, 5) is 18.5. The molecule has 0 bridgehead atoms. The summed E-state index contributed by atoms with van der Waals surface area (Å²) in [5.41, 5.74) is 2.77. The number of carbonyl (C=O) groups is 1. The van der Waals surface area contributed by atoms with Gasteiger partial charge in [-0.1, -0.05) is 6.07 Å². The average Bonchev–Trinajstić information content (AvgIpc) is 3.54. The van der Waals surface area contributed by atoms with E-state index in [2.05, 4.69) is 4.98 Å². The first-order valence-electron chi connectivity index (χ1n) is 12.7. The Labute approximate surface area is 228 Å². The second-order valence-corrected chi connectivity index (χ2v) is 12.0. The summed E-state index contributed by atoms with van der Waals surface area (Å²) in [5.74, 6) is -0.785. The molecule has 8 nitrogen and oxygen atoms in total. The molecule has 0 radical (unpaired) electrons. The van der Waals surface area contributed by atoms with E-state index in [-0.39, 0.29) is 17.2 Å². The van der Waals surface area contributed by atoms with Crippen LogP contribution in [0.15, 0.2) is 63.4 Å². The van der Waals surface area contributed by atoms with Crippen molar-refractivity contribution in [1.29, 1.82) is 0 Å². The third-order valence-electron chi connectivity index (χ3n) is 7.43. The number of hydrogen-bond acceptors (Lipinski definition) is 7. The summed E-state index contributed by atoms with van der Waals surface area (Å²) in [6.45, 7) is 1.06. The first-order valence-corrected chi connectivity index (χ1v) is 14.5. The maximum atomic E-state index is 14.3. The largest absolute Gasteiger partial charge is 0.455 e. The van der Waals surface area contributed by atoms with Gasteiger partial charge in [-0.25, -0.2) is 17.2 Å². The van der Waals surface area contributed by atoms with Gasteiger partial charge >= 0.3 is 0 Å². The molecule has 11 heteroatoms. The second-order valence-electron chi connectivity index (χ2n) is 9.98. The van der Waals surface area contributed by atoms with Gasteiger partial charge in [-0.2, -0.15) is 4.98 Å². The molecule has 1 fully saturated rings. The Morgan fingerprint density at radius 1 is 1.07 bits per heavy atom. The number of aromatic nitrogens is 1. The van der Waals surface area contributed by atoms with Crippen LogP contribution in [0.5, 0.6) is 0 Å². The van der Waals surface area contributed by atoms with E-state index in [0.29, 0.717) is 64.3 Å². The van der Waals surface area contributed by atoms with Crippen LogP contribution in [0.2, 0.25) is 0 Å². The van der Waals surface area contributed by atoms with E-state index in [1.54, 1.807) is 24.3 Å². The van der Waals surface area contributed by atoms with Gasteiger partial charge in [0.25, 0.3) is 6.01 Å². The molecule has 0 amide bonds. The lowest BCUT2D eigenvalue weighted by Crippen LogP contribution is -2.35. The number of rotatable bonds is 6. The van der Waals surface area contributed by atoms with Crippen molar-refractivity contribution in [3.05, 3.63) is 77.4 Å². The number of fused-ring (bicyclic) bond motifs is 2. The third kappa shape index (κ3) is 4.49. The average molecular weight is 566 g/mol. The molecule has 1 aliphatic rings. The van der Waals surface area contributed by atoms with Gasteiger partial charge in [0.05, 0.1) is 17.5 Å². The zero-order valence-corrected chi connectivity index (χ0v) is 22.5. The second kappa shape index (κ2) is 9.74. The van der Waals surface area contributed by atoms with Gasteiger partial charge in [0.2, 0.25) is 10.0 Å². The number of hydrogen-bond donors (Lipinski definition) is 0. The Morgan fingerprint density at radius 2 is 1.85 bits per heavy atom. The lowest BCUT2D eigenvalue weighted by atomic mass is 9.88. The molecular weight excluding hydrogens is 540 g/mol. The van der Waals surface area contributed by atoms with E-state index in [1.807, 2.05) is 4.90 Å². The standard InChI is InChI=1S/C29H25F2N3O5S/c1-33(40(2,36)37)24-14-26-21(22(16-35)28(38-26)17-8-10-19(30)11-9-17)13-20(24)18-5-4-12-34(15-18)29-32-27-23(31)6-3-7-25(27)39-29/h3,6-11,13-14,16,18H,4-5,12,15H2,1-2H3. The van der Waals surface area contributed by atoms with Crippen LogP contribution in [0.3, 0.4) is 0 Å². The molecule has 1 unspecified atom stereocenters. The Hall–Kier alpha value is -4.25. The maximum Gasteiger partial charge on any atom is 0.298 e. The molecule has 2 aromatic heterocycles. The highest BCUT2D eigenvalue weighted by atomic mass is 32.2. The van der Waals surface area contributed by atoms with Gasteiger partial charge in [0.1, 0.15) is 22.7 Å². The zero-order valence-electron chi connectivity index (χ0n) is 21.7. The molecule has 1 aliphatic heterocycles. The molecule has 1 saturated heterocycles. The van der Waals surface area contributed by atoms with Crippen molar-refractivity contribution < 1.29 is 30.8 Å². The first-order chi connectivity index (χ1) is 19.1. The van der Waals surface area contributed by atoms with E-state index in [9.17, 15) is 22.0 Å². The van der Waals surface area contributed by atoms with Crippen LogP contribution in [0.25, 0.3) is 33.4 Å². The topological polar surface area (TPSA) is 96.9 Å². The number of benzene rings is 3. The van der Waals surface area contributed by atoms with E-state index >= 15 is 0 Å². The Morgan fingerprint density at radius 3 is 2.55 bits per heavy atom. The van der Waals surface area contributed by atoms with Crippen molar-refractivity contribution in [2.45, 2.75) is 18.8 Å². The molecular formula is C29H25F2N3O5S. The Balaban J connectivity index is 1.47. The molecule has 1 atom stereocenters. The zero-order chi connectivity index (χ0) is 28.2. The van der Waals surface area contributed by atoms with Gasteiger partial charge in [0.15, 0.2) is 17.7 Å². The summed E-state index contributed by atoms with van der Waals surface area (Å²) < 4.78 is 66.2. The van der Waals surface area contributed by atoms with Crippen molar-refractivity contribution in [1.82, 2.24) is 4.98 Å². The fourth-order valence-electron chi connectivity index (χ4n) is 5.32. The molecule has 0 spiro atoms. The lowest BCUT2D eigenvalue weighted by Gasteiger charge is -2.34. The van der Waals surface area contributed by atoms with Gasteiger partial charge in [-0.3, -0.25) is 9.10 Å². The summed E-state index contributed by atoms with van der Waals surface area (Å²) in [6, 6.07) is 13.8. The highest BCUT2D eigenvalue weighted by Gasteiger charge is 2.30.